The Labute approximate surface area is 111 Å². The highest BCUT2D eigenvalue weighted by Crippen LogP contribution is 2.20. The Morgan fingerprint density at radius 1 is 1.29 bits per heavy atom. The lowest BCUT2D eigenvalue weighted by atomic mass is 10.1. The summed E-state index contributed by atoms with van der Waals surface area (Å²) >= 11 is 7.59. The lowest BCUT2D eigenvalue weighted by molar-refractivity contribution is 0.579. The van der Waals surface area contributed by atoms with Gasteiger partial charge in [0, 0.05) is 22.8 Å². The van der Waals surface area contributed by atoms with E-state index in [1.54, 1.807) is 11.3 Å². The highest BCUT2D eigenvalue weighted by molar-refractivity contribution is 7.10. The fraction of sp³-hybridized carbons (Fsp3) is 0.286. The van der Waals surface area contributed by atoms with Crippen LogP contribution in [-0.4, -0.2) is 0 Å². The van der Waals surface area contributed by atoms with Crippen molar-refractivity contribution < 1.29 is 0 Å². The van der Waals surface area contributed by atoms with Gasteiger partial charge in [-0.05, 0) is 25.5 Å². The molecule has 1 N–H and O–H groups in total. The normalized spacial score (nSPS) is 12.6. The highest BCUT2D eigenvalue weighted by atomic mass is 35.5. The summed E-state index contributed by atoms with van der Waals surface area (Å²) in [4.78, 5) is 1.27. The summed E-state index contributed by atoms with van der Waals surface area (Å²) in [5.74, 6) is 0. The number of rotatable bonds is 4. The second-order valence-corrected chi connectivity index (χ2v) is 5.68. The van der Waals surface area contributed by atoms with E-state index in [1.165, 1.54) is 16.0 Å². The molecule has 0 amide bonds. The molecule has 3 heteroatoms. The van der Waals surface area contributed by atoms with Crippen LogP contribution < -0.4 is 5.32 Å². The second kappa shape index (κ2) is 5.67. The van der Waals surface area contributed by atoms with Gasteiger partial charge in [0.25, 0.3) is 0 Å². The van der Waals surface area contributed by atoms with Crippen LogP contribution in [0.5, 0.6) is 0 Å². The van der Waals surface area contributed by atoms with E-state index in [-0.39, 0.29) is 0 Å². The van der Waals surface area contributed by atoms with Crippen LogP contribution in [0.2, 0.25) is 5.02 Å². The maximum atomic E-state index is 5.89. The van der Waals surface area contributed by atoms with Crippen LogP contribution in [0.25, 0.3) is 0 Å². The maximum absolute atomic E-state index is 5.89. The minimum atomic E-state index is 0.358. The molecule has 2 rings (SSSR count). The average molecular weight is 266 g/mol. The molecule has 1 aromatic carbocycles. The molecular weight excluding hydrogens is 250 g/mol. The SMILES string of the molecule is Cc1ccc([C@H](C)NCc2cc(Cl)cs2)cc1. The zero-order valence-corrected chi connectivity index (χ0v) is 11.6. The zero-order chi connectivity index (χ0) is 12.3. The Balaban J connectivity index is 1.93. The molecule has 0 aliphatic rings. The lowest BCUT2D eigenvalue weighted by Gasteiger charge is -2.13. The van der Waals surface area contributed by atoms with Gasteiger partial charge in [-0.1, -0.05) is 41.4 Å². The summed E-state index contributed by atoms with van der Waals surface area (Å²) < 4.78 is 0. The number of halogens is 1. The van der Waals surface area contributed by atoms with E-state index in [0.29, 0.717) is 6.04 Å². The summed E-state index contributed by atoms with van der Waals surface area (Å²) in [6, 6.07) is 11.0. The van der Waals surface area contributed by atoms with Crippen LogP contribution in [0, 0.1) is 6.92 Å². The summed E-state index contributed by atoms with van der Waals surface area (Å²) in [6.07, 6.45) is 0. The van der Waals surface area contributed by atoms with Crippen LogP contribution in [-0.2, 0) is 6.54 Å². The van der Waals surface area contributed by atoms with Crippen LogP contribution >= 0.6 is 22.9 Å². The van der Waals surface area contributed by atoms with Gasteiger partial charge in [-0.25, -0.2) is 0 Å². The van der Waals surface area contributed by atoms with Crippen molar-refractivity contribution in [2.45, 2.75) is 26.4 Å². The van der Waals surface area contributed by atoms with Crippen molar-refractivity contribution in [1.29, 1.82) is 0 Å². The van der Waals surface area contributed by atoms with Crippen LogP contribution in [0.4, 0.5) is 0 Å². The van der Waals surface area contributed by atoms with E-state index in [4.69, 9.17) is 11.6 Å². The smallest absolute Gasteiger partial charge is 0.0516 e. The van der Waals surface area contributed by atoms with Gasteiger partial charge in [0.15, 0.2) is 0 Å². The predicted molar refractivity (Wildman–Crippen MR) is 75.8 cm³/mol. The van der Waals surface area contributed by atoms with Gasteiger partial charge in [0.1, 0.15) is 0 Å². The van der Waals surface area contributed by atoms with Gasteiger partial charge in [-0.3, -0.25) is 0 Å². The van der Waals surface area contributed by atoms with E-state index in [1.807, 2.05) is 11.4 Å². The molecule has 0 saturated carbocycles. The van der Waals surface area contributed by atoms with Crippen molar-refractivity contribution in [2.75, 3.05) is 0 Å². The van der Waals surface area contributed by atoms with Gasteiger partial charge in [-0.15, -0.1) is 11.3 Å². The molecule has 1 atom stereocenters. The van der Waals surface area contributed by atoms with Crippen molar-refractivity contribution in [2.24, 2.45) is 0 Å². The quantitative estimate of drug-likeness (QED) is 0.855. The molecule has 0 fully saturated rings. The van der Waals surface area contributed by atoms with Gasteiger partial charge < -0.3 is 5.32 Å². The third-order valence-electron chi connectivity index (χ3n) is 2.78. The third kappa shape index (κ3) is 3.56. The van der Waals surface area contributed by atoms with Crippen LogP contribution in [0.3, 0.4) is 0 Å². The van der Waals surface area contributed by atoms with Crippen molar-refractivity contribution in [3.63, 3.8) is 0 Å². The van der Waals surface area contributed by atoms with Gasteiger partial charge >= 0.3 is 0 Å². The molecule has 2 aromatic rings. The molecule has 0 spiro atoms. The maximum Gasteiger partial charge on any atom is 0.0516 e. The number of benzene rings is 1. The molecule has 0 aliphatic carbocycles. The van der Waals surface area contributed by atoms with Crippen molar-refractivity contribution in [3.05, 3.63) is 56.7 Å². The van der Waals surface area contributed by atoms with Crippen molar-refractivity contribution >= 4 is 22.9 Å². The molecule has 90 valence electrons. The Morgan fingerprint density at radius 3 is 2.59 bits per heavy atom. The van der Waals surface area contributed by atoms with Gasteiger partial charge in [0.2, 0.25) is 0 Å². The van der Waals surface area contributed by atoms with Gasteiger partial charge in [0.05, 0.1) is 5.02 Å². The first-order valence-corrected chi connectivity index (χ1v) is 6.94. The number of hydrogen-bond donors (Lipinski definition) is 1. The second-order valence-electron chi connectivity index (χ2n) is 4.24. The number of nitrogens with one attached hydrogen (secondary N) is 1. The summed E-state index contributed by atoms with van der Waals surface area (Å²) in [5.41, 5.74) is 2.62. The largest absolute Gasteiger partial charge is 0.305 e. The Morgan fingerprint density at radius 2 is 2.00 bits per heavy atom. The predicted octanol–water partition coefficient (Wildman–Crippen LogP) is 4.56. The highest BCUT2D eigenvalue weighted by Gasteiger charge is 2.05. The van der Waals surface area contributed by atoms with E-state index in [2.05, 4.69) is 43.4 Å². The topological polar surface area (TPSA) is 12.0 Å². The van der Waals surface area contributed by atoms with Crippen LogP contribution in [0.1, 0.15) is 29.0 Å². The molecular formula is C14H16ClNS. The summed E-state index contributed by atoms with van der Waals surface area (Å²) in [6.45, 7) is 5.15. The molecule has 1 heterocycles. The number of thiophene rings is 1. The summed E-state index contributed by atoms with van der Waals surface area (Å²) in [5, 5.41) is 6.30. The molecule has 1 aromatic heterocycles. The Bertz CT molecular complexity index is 475. The zero-order valence-electron chi connectivity index (χ0n) is 10.0. The molecule has 0 aliphatic heterocycles. The Kier molecular flexibility index (Phi) is 4.21. The monoisotopic (exact) mass is 265 g/mol. The third-order valence-corrected chi connectivity index (χ3v) is 4.07. The number of hydrogen-bond acceptors (Lipinski definition) is 2. The van der Waals surface area contributed by atoms with E-state index >= 15 is 0 Å². The summed E-state index contributed by atoms with van der Waals surface area (Å²) in [7, 11) is 0. The molecule has 0 bridgehead atoms. The van der Waals surface area contributed by atoms with Gasteiger partial charge in [-0.2, -0.15) is 0 Å². The standard InChI is InChI=1S/C14H16ClNS/c1-10-3-5-12(6-4-10)11(2)16-8-14-7-13(15)9-17-14/h3-7,9,11,16H,8H2,1-2H3/t11-/m0/s1. The lowest BCUT2D eigenvalue weighted by Crippen LogP contribution is -2.17. The average Bonchev–Trinajstić information content (AvgIpc) is 2.73. The van der Waals surface area contributed by atoms with Crippen molar-refractivity contribution in [1.82, 2.24) is 5.32 Å². The molecule has 1 nitrogen and oxygen atoms in total. The first-order chi connectivity index (χ1) is 8.15. The van der Waals surface area contributed by atoms with E-state index in [9.17, 15) is 0 Å². The fourth-order valence-corrected chi connectivity index (χ4v) is 2.70. The van der Waals surface area contributed by atoms with Crippen molar-refractivity contribution in [3.8, 4) is 0 Å². The number of aryl methyl sites for hydroxylation is 1. The molecule has 0 radical (unpaired) electrons. The minimum absolute atomic E-state index is 0.358. The molecule has 0 unspecified atom stereocenters. The van der Waals surface area contributed by atoms with Crippen LogP contribution in [0.15, 0.2) is 35.7 Å². The molecule has 0 saturated heterocycles. The minimum Gasteiger partial charge on any atom is -0.305 e. The fourth-order valence-electron chi connectivity index (χ4n) is 1.67. The van der Waals surface area contributed by atoms with E-state index < -0.39 is 0 Å². The first kappa shape index (κ1) is 12.6. The first-order valence-electron chi connectivity index (χ1n) is 5.68. The van der Waals surface area contributed by atoms with E-state index in [0.717, 1.165) is 11.6 Å². The Hall–Kier alpha value is -0.830. The molecule has 17 heavy (non-hydrogen) atoms.